The van der Waals surface area contributed by atoms with E-state index in [2.05, 4.69) is 0 Å². The van der Waals surface area contributed by atoms with Crippen LogP contribution in [0.1, 0.15) is 29.4 Å². The zero-order valence-corrected chi connectivity index (χ0v) is 17.7. The number of ketones is 1. The zero-order valence-electron chi connectivity index (χ0n) is 16.1. The van der Waals surface area contributed by atoms with Gasteiger partial charge in [0, 0.05) is 22.9 Å². The highest BCUT2D eigenvalue weighted by Crippen LogP contribution is 2.37. The van der Waals surface area contributed by atoms with Crippen molar-refractivity contribution in [1.29, 1.82) is 0 Å². The molecule has 1 aromatic carbocycles. The Morgan fingerprint density at radius 3 is 2.61 bits per heavy atom. The number of rotatable bonds is 7. The molecule has 1 N–H and O–H groups in total. The van der Waals surface area contributed by atoms with Crippen molar-refractivity contribution in [2.24, 2.45) is 5.92 Å². The molecule has 1 unspecified atom stereocenters. The van der Waals surface area contributed by atoms with Crippen molar-refractivity contribution in [2.45, 2.75) is 32.0 Å². The van der Waals surface area contributed by atoms with Crippen molar-refractivity contribution in [2.75, 3.05) is 25.7 Å². The monoisotopic (exact) mass is 424 g/mol. The number of aliphatic hydroxyl groups excluding tert-OH is 1. The molecular formula is C20H24O6S2. The van der Waals surface area contributed by atoms with Gasteiger partial charge in [0.1, 0.15) is 6.10 Å². The van der Waals surface area contributed by atoms with Gasteiger partial charge >= 0.3 is 5.97 Å². The number of methoxy groups -OCH3 is 2. The molecular weight excluding hydrogens is 400 g/mol. The summed E-state index contributed by atoms with van der Waals surface area (Å²) in [6.07, 6.45) is -0.413. The Labute approximate surface area is 172 Å². The van der Waals surface area contributed by atoms with Crippen molar-refractivity contribution < 1.29 is 28.9 Å². The van der Waals surface area contributed by atoms with Gasteiger partial charge in [-0.25, -0.2) is 0 Å². The number of fused-ring (bicyclic) bond motifs is 1. The molecule has 1 aromatic heterocycles. The Morgan fingerprint density at radius 1 is 1.21 bits per heavy atom. The summed E-state index contributed by atoms with van der Waals surface area (Å²) in [4.78, 5) is 25.6. The van der Waals surface area contributed by atoms with Crippen LogP contribution in [0.15, 0.2) is 18.2 Å². The molecule has 0 amide bonds. The maximum absolute atomic E-state index is 12.7. The fourth-order valence-electron chi connectivity index (χ4n) is 3.07. The molecule has 1 aliphatic rings. The lowest BCUT2D eigenvalue weighted by Crippen LogP contribution is -2.38. The van der Waals surface area contributed by atoms with E-state index in [0.717, 1.165) is 15.8 Å². The number of benzene rings is 1. The van der Waals surface area contributed by atoms with Gasteiger partial charge in [-0.3, -0.25) is 9.59 Å². The second-order valence-electron chi connectivity index (χ2n) is 6.79. The first kappa shape index (κ1) is 21.0. The molecule has 3 rings (SSSR count). The fourth-order valence-corrected chi connectivity index (χ4v) is 5.12. The second kappa shape index (κ2) is 9.15. The summed E-state index contributed by atoms with van der Waals surface area (Å²) in [6.45, 7) is 1.68. The van der Waals surface area contributed by atoms with Gasteiger partial charge in [0.2, 0.25) is 0 Å². The van der Waals surface area contributed by atoms with Crippen LogP contribution in [-0.4, -0.2) is 54.8 Å². The van der Waals surface area contributed by atoms with E-state index in [4.69, 9.17) is 14.2 Å². The van der Waals surface area contributed by atoms with Crippen molar-refractivity contribution in [1.82, 2.24) is 0 Å². The first-order valence-corrected chi connectivity index (χ1v) is 11.0. The van der Waals surface area contributed by atoms with Gasteiger partial charge in [-0.05, 0) is 29.7 Å². The Hall–Kier alpha value is -1.77. The molecule has 0 aliphatic carbocycles. The van der Waals surface area contributed by atoms with E-state index >= 15 is 0 Å². The summed E-state index contributed by atoms with van der Waals surface area (Å²) in [5, 5.41) is 10.8. The summed E-state index contributed by atoms with van der Waals surface area (Å²) in [7, 11) is 3.13. The van der Waals surface area contributed by atoms with E-state index in [-0.39, 0.29) is 12.2 Å². The minimum atomic E-state index is -0.641. The van der Waals surface area contributed by atoms with Crippen LogP contribution in [0, 0.1) is 5.92 Å². The SMILES string of the molecule is COc1cc2cc(C(=O)C[C@H](C)C(=O)OC3CCSC[C@@H]3O)sc2cc1OC. The Kier molecular flexibility index (Phi) is 6.85. The molecule has 0 spiro atoms. The fraction of sp³-hybridized carbons (Fsp3) is 0.500. The van der Waals surface area contributed by atoms with E-state index in [1.807, 2.05) is 18.2 Å². The molecule has 0 bridgehead atoms. The second-order valence-corrected chi connectivity index (χ2v) is 9.02. The van der Waals surface area contributed by atoms with Crippen LogP contribution in [-0.2, 0) is 9.53 Å². The third-order valence-electron chi connectivity index (χ3n) is 4.72. The van der Waals surface area contributed by atoms with Crippen molar-refractivity contribution >= 4 is 44.9 Å². The topological polar surface area (TPSA) is 82.1 Å². The number of Topliss-reactive ketones (excluding diaryl/α,β-unsaturated/α-hetero) is 1. The summed E-state index contributed by atoms with van der Waals surface area (Å²) in [5.41, 5.74) is 0. The highest BCUT2D eigenvalue weighted by molar-refractivity contribution is 7.99. The van der Waals surface area contributed by atoms with Crippen LogP contribution in [0.2, 0.25) is 0 Å². The van der Waals surface area contributed by atoms with Crippen molar-refractivity contribution in [3.8, 4) is 11.5 Å². The normalized spacial score (nSPS) is 20.6. The Bertz CT molecular complexity index is 821. The lowest BCUT2D eigenvalue weighted by atomic mass is 10.0. The predicted octanol–water partition coefficient (Wildman–Crippen LogP) is 3.54. The van der Waals surface area contributed by atoms with Crippen LogP contribution in [0.5, 0.6) is 11.5 Å². The molecule has 6 nitrogen and oxygen atoms in total. The molecule has 3 atom stereocenters. The number of thiophene rings is 1. The summed E-state index contributed by atoms with van der Waals surface area (Å²) in [5.74, 6) is 1.53. The lowest BCUT2D eigenvalue weighted by Gasteiger charge is -2.27. The number of hydrogen-bond donors (Lipinski definition) is 1. The van der Waals surface area contributed by atoms with Crippen molar-refractivity contribution in [3.63, 3.8) is 0 Å². The van der Waals surface area contributed by atoms with Crippen LogP contribution in [0.3, 0.4) is 0 Å². The highest BCUT2D eigenvalue weighted by Gasteiger charge is 2.29. The zero-order chi connectivity index (χ0) is 20.3. The van der Waals surface area contributed by atoms with E-state index in [1.165, 1.54) is 11.3 Å². The third kappa shape index (κ3) is 4.61. The lowest BCUT2D eigenvalue weighted by molar-refractivity contribution is -0.158. The largest absolute Gasteiger partial charge is 0.493 e. The number of carbonyl (C=O) groups is 2. The molecule has 28 heavy (non-hydrogen) atoms. The predicted molar refractivity (Wildman–Crippen MR) is 111 cm³/mol. The molecule has 1 saturated heterocycles. The number of thioether (sulfide) groups is 1. The molecule has 152 valence electrons. The maximum Gasteiger partial charge on any atom is 0.309 e. The Morgan fingerprint density at radius 2 is 1.93 bits per heavy atom. The van der Waals surface area contributed by atoms with Crippen LogP contribution >= 0.6 is 23.1 Å². The first-order valence-electron chi connectivity index (χ1n) is 9.08. The van der Waals surface area contributed by atoms with Gasteiger partial charge in [0.05, 0.1) is 31.1 Å². The van der Waals surface area contributed by atoms with Gasteiger partial charge in [0.25, 0.3) is 0 Å². The van der Waals surface area contributed by atoms with Crippen LogP contribution in [0.25, 0.3) is 10.1 Å². The van der Waals surface area contributed by atoms with Crippen LogP contribution < -0.4 is 9.47 Å². The number of ether oxygens (including phenoxy) is 3. The van der Waals surface area contributed by atoms with Crippen LogP contribution in [0.4, 0.5) is 0 Å². The summed E-state index contributed by atoms with van der Waals surface area (Å²) in [6, 6.07) is 5.49. The molecule has 2 heterocycles. The van der Waals surface area contributed by atoms with E-state index in [9.17, 15) is 14.7 Å². The minimum Gasteiger partial charge on any atom is -0.493 e. The van der Waals surface area contributed by atoms with Gasteiger partial charge in [0.15, 0.2) is 17.3 Å². The third-order valence-corrected chi connectivity index (χ3v) is 6.96. The highest BCUT2D eigenvalue weighted by atomic mass is 32.2. The van der Waals surface area contributed by atoms with E-state index in [0.29, 0.717) is 28.5 Å². The molecule has 1 aliphatic heterocycles. The van der Waals surface area contributed by atoms with Gasteiger partial charge in [-0.1, -0.05) is 6.92 Å². The quantitative estimate of drug-likeness (QED) is 0.538. The van der Waals surface area contributed by atoms with E-state index < -0.39 is 24.1 Å². The maximum atomic E-state index is 12.7. The number of hydrogen-bond acceptors (Lipinski definition) is 8. The molecule has 0 radical (unpaired) electrons. The van der Waals surface area contributed by atoms with Gasteiger partial charge < -0.3 is 19.3 Å². The molecule has 2 aromatic rings. The minimum absolute atomic E-state index is 0.0670. The Balaban J connectivity index is 1.67. The molecule has 0 saturated carbocycles. The standard InChI is InChI=1S/C20H24O6S2/c1-11(20(23)26-15-4-5-27-10-14(15)22)6-13(21)19-8-12-7-16(24-2)17(25-3)9-18(12)28-19/h7-9,11,14-15,22H,4-6,10H2,1-3H3/t11-,14-,15?/m0/s1. The average molecular weight is 425 g/mol. The molecule has 8 heteroatoms. The van der Waals surface area contributed by atoms with Crippen molar-refractivity contribution in [3.05, 3.63) is 23.1 Å². The number of aliphatic hydroxyl groups is 1. The summed E-state index contributed by atoms with van der Waals surface area (Å²) >= 11 is 3.01. The number of carbonyl (C=O) groups excluding carboxylic acids is 2. The average Bonchev–Trinajstić information content (AvgIpc) is 3.11. The van der Waals surface area contributed by atoms with E-state index in [1.54, 1.807) is 32.9 Å². The smallest absolute Gasteiger partial charge is 0.309 e. The number of esters is 1. The summed E-state index contributed by atoms with van der Waals surface area (Å²) < 4.78 is 17.0. The van der Waals surface area contributed by atoms with Gasteiger partial charge in [-0.15, -0.1) is 11.3 Å². The first-order chi connectivity index (χ1) is 13.4. The van der Waals surface area contributed by atoms with Gasteiger partial charge in [-0.2, -0.15) is 11.8 Å². The molecule has 1 fully saturated rings.